The van der Waals surface area contributed by atoms with Gasteiger partial charge in [-0.3, -0.25) is 14.4 Å². The Morgan fingerprint density at radius 2 is 1.79 bits per heavy atom. The summed E-state index contributed by atoms with van der Waals surface area (Å²) in [6.07, 6.45) is 1.52. The second-order valence-electron chi connectivity index (χ2n) is 11.2. The van der Waals surface area contributed by atoms with E-state index in [1.807, 2.05) is 0 Å². The maximum Gasteiger partial charge on any atom is 0.425 e. The molecular weight excluding hydrogens is 449 g/mol. The molecule has 2 atom stereocenters. The van der Waals surface area contributed by atoms with E-state index < -0.39 is 40.3 Å². The number of nitrogens with zero attached hydrogens (tertiary/aromatic N) is 1. The second kappa shape index (κ2) is 9.28. The zero-order chi connectivity index (χ0) is 24.7. The number of amides is 2. The summed E-state index contributed by atoms with van der Waals surface area (Å²) in [5, 5.41) is 2.06. The lowest BCUT2D eigenvalue weighted by Crippen LogP contribution is -2.66. The van der Waals surface area contributed by atoms with Gasteiger partial charge < -0.3 is 15.0 Å². The molecule has 2 heterocycles. The molecule has 2 aliphatic heterocycles. The number of carbonyl (C=O) groups is 3. The van der Waals surface area contributed by atoms with Crippen molar-refractivity contribution in [3.63, 3.8) is 0 Å². The van der Waals surface area contributed by atoms with Gasteiger partial charge in [0.2, 0.25) is 11.4 Å². The minimum absolute atomic E-state index is 0.0448. The first-order valence-electron chi connectivity index (χ1n) is 12.5. The predicted molar refractivity (Wildman–Crippen MR) is 118 cm³/mol. The highest BCUT2D eigenvalue weighted by Gasteiger charge is 2.71. The Morgan fingerprint density at radius 3 is 2.41 bits per heavy atom. The van der Waals surface area contributed by atoms with Crippen LogP contribution in [0.1, 0.15) is 84.5 Å². The van der Waals surface area contributed by atoms with E-state index in [4.69, 9.17) is 4.74 Å². The molecule has 0 spiro atoms. The molecule has 4 aliphatic rings. The third-order valence-electron chi connectivity index (χ3n) is 7.79. The van der Waals surface area contributed by atoms with Crippen LogP contribution < -0.4 is 5.32 Å². The first-order chi connectivity index (χ1) is 15.9. The fourth-order valence-electron chi connectivity index (χ4n) is 6.09. The average molecular weight is 485 g/mol. The molecule has 0 aromatic heterocycles. The zero-order valence-corrected chi connectivity index (χ0v) is 20.1. The standard InChI is InChI=1S/C25H35F3N2O4/c1-23(2)13-18-21(19(31)14-23)24(25(26,27)28,22(33)30(18)15-17-9-6-12-34-17)29-20(32)11-10-16-7-4-3-5-8-16/h16-17H,3-15H2,1-2H3,(H,29,32)/t17-,24+/m0/s1. The van der Waals surface area contributed by atoms with Gasteiger partial charge in [-0.1, -0.05) is 46.0 Å². The SMILES string of the molecule is CC1(C)CC(=O)C2=C(C1)N(C[C@@H]1CCCO1)C(=O)[C@@]2(NC(=O)CCC1CCCCC1)C(F)(F)F. The summed E-state index contributed by atoms with van der Waals surface area (Å²) in [6, 6.07) is 0. The van der Waals surface area contributed by atoms with E-state index in [1.165, 1.54) is 0 Å². The molecule has 9 heteroatoms. The first kappa shape index (κ1) is 25.2. The Balaban J connectivity index is 1.66. The molecule has 34 heavy (non-hydrogen) atoms. The van der Waals surface area contributed by atoms with E-state index >= 15 is 0 Å². The summed E-state index contributed by atoms with van der Waals surface area (Å²) in [5.74, 6) is -2.53. The molecule has 1 saturated carbocycles. The summed E-state index contributed by atoms with van der Waals surface area (Å²) in [5.41, 5.74) is -4.41. The molecule has 2 aliphatic carbocycles. The van der Waals surface area contributed by atoms with Crippen molar-refractivity contribution in [1.82, 2.24) is 10.2 Å². The van der Waals surface area contributed by atoms with Crippen LogP contribution in [0.4, 0.5) is 13.2 Å². The maximum absolute atomic E-state index is 14.8. The largest absolute Gasteiger partial charge is 0.425 e. The van der Waals surface area contributed by atoms with Crippen molar-refractivity contribution in [2.45, 2.75) is 102 Å². The van der Waals surface area contributed by atoms with Gasteiger partial charge in [0.1, 0.15) is 0 Å². The molecule has 0 bridgehead atoms. The van der Waals surface area contributed by atoms with Crippen LogP contribution in [-0.2, 0) is 19.1 Å². The van der Waals surface area contributed by atoms with Crippen LogP contribution in [0.15, 0.2) is 11.3 Å². The monoisotopic (exact) mass is 484 g/mol. The fourth-order valence-corrected chi connectivity index (χ4v) is 6.09. The third-order valence-corrected chi connectivity index (χ3v) is 7.79. The third kappa shape index (κ3) is 4.64. The van der Waals surface area contributed by atoms with Crippen LogP contribution in [-0.4, -0.2) is 53.5 Å². The van der Waals surface area contributed by atoms with Gasteiger partial charge in [-0.15, -0.1) is 0 Å². The van der Waals surface area contributed by atoms with E-state index in [9.17, 15) is 27.6 Å². The second-order valence-corrected chi connectivity index (χ2v) is 11.2. The Bertz CT molecular complexity index is 870. The Kier molecular flexibility index (Phi) is 6.88. The van der Waals surface area contributed by atoms with Gasteiger partial charge in [0, 0.05) is 25.1 Å². The van der Waals surface area contributed by atoms with Gasteiger partial charge in [0.25, 0.3) is 5.91 Å². The van der Waals surface area contributed by atoms with E-state index in [1.54, 1.807) is 13.8 Å². The zero-order valence-electron chi connectivity index (χ0n) is 20.1. The number of hydrogen-bond acceptors (Lipinski definition) is 4. The van der Waals surface area contributed by atoms with Crippen molar-refractivity contribution >= 4 is 17.6 Å². The van der Waals surface area contributed by atoms with Crippen LogP contribution >= 0.6 is 0 Å². The van der Waals surface area contributed by atoms with Crippen LogP contribution in [0.2, 0.25) is 0 Å². The highest BCUT2D eigenvalue weighted by atomic mass is 19.4. The summed E-state index contributed by atoms with van der Waals surface area (Å²) >= 11 is 0. The number of halogens is 3. The molecule has 0 aromatic carbocycles. The van der Waals surface area contributed by atoms with Gasteiger partial charge in [0.05, 0.1) is 18.2 Å². The number of ketones is 1. The molecule has 1 saturated heterocycles. The van der Waals surface area contributed by atoms with E-state index in [0.717, 1.165) is 43.4 Å². The molecule has 0 unspecified atom stereocenters. The number of nitrogens with one attached hydrogen (secondary N) is 1. The number of hydrogen-bond donors (Lipinski definition) is 1. The highest BCUT2D eigenvalue weighted by Crippen LogP contribution is 2.52. The molecule has 0 radical (unpaired) electrons. The van der Waals surface area contributed by atoms with E-state index in [0.29, 0.717) is 25.4 Å². The summed E-state index contributed by atoms with van der Waals surface area (Å²) in [7, 11) is 0. The van der Waals surface area contributed by atoms with Gasteiger partial charge in [-0.2, -0.15) is 13.2 Å². The lowest BCUT2D eigenvalue weighted by molar-refractivity contribution is -0.195. The number of alkyl halides is 3. The summed E-state index contributed by atoms with van der Waals surface area (Å²) < 4.78 is 49.9. The molecule has 2 fully saturated rings. The van der Waals surface area contributed by atoms with Crippen molar-refractivity contribution in [3.05, 3.63) is 11.3 Å². The summed E-state index contributed by atoms with van der Waals surface area (Å²) in [6.45, 7) is 4.06. The van der Waals surface area contributed by atoms with Crippen LogP contribution in [0.5, 0.6) is 0 Å². The topological polar surface area (TPSA) is 75.7 Å². The highest BCUT2D eigenvalue weighted by molar-refractivity contribution is 6.13. The number of carbonyl (C=O) groups excluding carboxylic acids is 3. The average Bonchev–Trinajstić information content (AvgIpc) is 3.33. The van der Waals surface area contributed by atoms with Crippen LogP contribution in [0, 0.1) is 11.3 Å². The van der Waals surface area contributed by atoms with Crippen molar-refractivity contribution in [2.24, 2.45) is 11.3 Å². The lowest BCUT2D eigenvalue weighted by atomic mass is 9.72. The Hall–Kier alpha value is -1.90. The minimum atomic E-state index is -5.15. The van der Waals surface area contributed by atoms with Crippen LogP contribution in [0.3, 0.4) is 0 Å². The van der Waals surface area contributed by atoms with Crippen molar-refractivity contribution < 1.29 is 32.3 Å². The minimum Gasteiger partial charge on any atom is -0.376 e. The van der Waals surface area contributed by atoms with Gasteiger partial charge in [-0.25, -0.2) is 0 Å². The summed E-state index contributed by atoms with van der Waals surface area (Å²) in [4.78, 5) is 40.7. The van der Waals surface area contributed by atoms with E-state index in [2.05, 4.69) is 5.32 Å². The molecule has 1 N–H and O–H groups in total. The van der Waals surface area contributed by atoms with Crippen LogP contribution in [0.25, 0.3) is 0 Å². The molecular formula is C25H35F3N2O4. The molecule has 190 valence electrons. The predicted octanol–water partition coefficient (Wildman–Crippen LogP) is 4.43. The number of ether oxygens (including phenoxy) is 1. The molecule has 0 aromatic rings. The Labute approximate surface area is 198 Å². The van der Waals surface area contributed by atoms with E-state index in [-0.39, 0.29) is 37.6 Å². The molecule has 6 nitrogen and oxygen atoms in total. The number of Topliss-reactive ketones (excluding diaryl/α,β-unsaturated/α-hetero) is 1. The van der Waals surface area contributed by atoms with Crippen molar-refractivity contribution in [2.75, 3.05) is 13.2 Å². The Morgan fingerprint density at radius 1 is 1.09 bits per heavy atom. The fraction of sp³-hybridized carbons (Fsp3) is 0.800. The van der Waals surface area contributed by atoms with Gasteiger partial charge in [0.15, 0.2) is 5.78 Å². The molecule has 4 rings (SSSR count). The number of rotatable bonds is 6. The quantitative estimate of drug-likeness (QED) is 0.605. The number of allylic oxidation sites excluding steroid dienone is 1. The van der Waals surface area contributed by atoms with Gasteiger partial charge >= 0.3 is 6.18 Å². The smallest absolute Gasteiger partial charge is 0.376 e. The normalized spacial score (nSPS) is 30.1. The lowest BCUT2D eigenvalue weighted by Gasteiger charge is -2.35. The van der Waals surface area contributed by atoms with Crippen molar-refractivity contribution in [1.29, 1.82) is 0 Å². The van der Waals surface area contributed by atoms with Crippen molar-refractivity contribution in [3.8, 4) is 0 Å². The van der Waals surface area contributed by atoms with Gasteiger partial charge in [-0.05, 0) is 37.0 Å². The molecule has 2 amide bonds. The first-order valence-corrected chi connectivity index (χ1v) is 12.5. The maximum atomic E-state index is 14.8.